The smallest absolute Gasteiger partial charge is 0.296 e. The Hall–Kier alpha value is -3.69. The predicted molar refractivity (Wildman–Crippen MR) is 128 cm³/mol. The zero-order valence-electron chi connectivity index (χ0n) is 16.9. The highest BCUT2D eigenvalue weighted by Gasteiger charge is 2.23. The molecule has 1 atom stereocenters. The van der Waals surface area contributed by atoms with E-state index in [0.717, 1.165) is 0 Å². The van der Waals surface area contributed by atoms with Crippen LogP contribution < -0.4 is 20.7 Å². The Kier molecular flexibility index (Phi) is 7.58. The van der Waals surface area contributed by atoms with Crippen LogP contribution in [-0.2, 0) is 4.79 Å². The van der Waals surface area contributed by atoms with Gasteiger partial charge >= 0.3 is 0 Å². The van der Waals surface area contributed by atoms with E-state index in [1.54, 1.807) is 54.6 Å². The topological polar surface area (TPSA) is 106 Å². The number of amides is 1. The molecule has 32 heavy (non-hydrogen) atoms. The third-order valence-electron chi connectivity index (χ3n) is 4.45. The van der Waals surface area contributed by atoms with Crippen LogP contribution in [0.5, 0.6) is 5.75 Å². The van der Waals surface area contributed by atoms with E-state index >= 15 is 0 Å². The van der Waals surface area contributed by atoms with Gasteiger partial charge in [0.25, 0.3) is 11.6 Å². The Labute approximate surface area is 194 Å². The Balaban J connectivity index is 1.83. The largest absolute Gasteiger partial charge is 0.496 e. The van der Waals surface area contributed by atoms with Crippen LogP contribution in [0.1, 0.15) is 11.6 Å². The van der Waals surface area contributed by atoms with E-state index in [-0.39, 0.29) is 16.5 Å². The fourth-order valence-electron chi connectivity index (χ4n) is 2.90. The van der Waals surface area contributed by atoms with E-state index < -0.39 is 16.9 Å². The molecule has 0 saturated carbocycles. The van der Waals surface area contributed by atoms with Crippen molar-refractivity contribution >= 4 is 51.9 Å². The number of ether oxygens (including phenoxy) is 1. The zero-order chi connectivity index (χ0) is 23.1. The number of hydrogen-bond acceptors (Lipinski definition) is 5. The van der Waals surface area contributed by atoms with Crippen molar-refractivity contribution in [2.24, 2.45) is 0 Å². The Bertz CT molecular complexity index is 1140. The molecule has 3 aromatic carbocycles. The summed E-state index contributed by atoms with van der Waals surface area (Å²) in [7, 11) is 1.42. The van der Waals surface area contributed by atoms with Crippen LogP contribution in [0.3, 0.4) is 0 Å². The molecule has 0 fully saturated rings. The third-order valence-corrected chi connectivity index (χ3v) is 5.00. The number of nitro groups is 1. The van der Waals surface area contributed by atoms with Gasteiger partial charge in [0.15, 0.2) is 5.11 Å². The van der Waals surface area contributed by atoms with Gasteiger partial charge in [0.05, 0.1) is 28.8 Å². The lowest BCUT2D eigenvalue weighted by Gasteiger charge is -2.21. The first-order valence-electron chi connectivity index (χ1n) is 9.39. The maximum atomic E-state index is 13.1. The molecule has 0 aliphatic heterocycles. The summed E-state index contributed by atoms with van der Waals surface area (Å²) >= 11 is 11.5. The normalized spacial score (nSPS) is 11.2. The van der Waals surface area contributed by atoms with Gasteiger partial charge in [0, 0.05) is 0 Å². The van der Waals surface area contributed by atoms with Crippen LogP contribution in [-0.4, -0.2) is 23.1 Å². The number of nitro benzene ring substituents is 1. The highest BCUT2D eigenvalue weighted by Crippen LogP contribution is 2.29. The van der Waals surface area contributed by atoms with Crippen LogP contribution in [0.15, 0.2) is 72.8 Å². The lowest BCUT2D eigenvalue weighted by molar-refractivity contribution is -0.384. The first kappa shape index (κ1) is 23.0. The average molecular weight is 471 g/mol. The molecular formula is C22H19ClN4O4S. The molecule has 3 rings (SSSR count). The Morgan fingerprint density at radius 2 is 1.72 bits per heavy atom. The number of halogens is 1. The first-order valence-corrected chi connectivity index (χ1v) is 10.2. The van der Waals surface area contributed by atoms with Gasteiger partial charge in [-0.15, -0.1) is 0 Å². The van der Waals surface area contributed by atoms with Gasteiger partial charge in [-0.1, -0.05) is 54.1 Å². The standard InChI is InChI=1S/C22H19ClN4O4S/c1-31-15-11-12-18(19(13-15)27(29)30)25-22(32)26-20(14-7-3-2-4-8-14)21(28)24-17-10-6-5-9-16(17)23/h2-13,20H,1H3,(H,24,28)(H2,25,26,32). The average Bonchev–Trinajstić information content (AvgIpc) is 2.79. The molecule has 0 heterocycles. The minimum absolute atomic E-state index is 0.0291. The summed E-state index contributed by atoms with van der Waals surface area (Å²) in [6, 6.07) is 19.2. The van der Waals surface area contributed by atoms with Gasteiger partial charge in [0.1, 0.15) is 17.5 Å². The monoisotopic (exact) mass is 470 g/mol. The maximum absolute atomic E-state index is 13.1. The molecule has 164 valence electrons. The molecule has 1 unspecified atom stereocenters. The fraction of sp³-hybridized carbons (Fsp3) is 0.0909. The summed E-state index contributed by atoms with van der Waals surface area (Å²) in [5.74, 6) is -0.0694. The molecule has 3 N–H and O–H groups in total. The van der Waals surface area contributed by atoms with Gasteiger partial charge in [-0.25, -0.2) is 0 Å². The Morgan fingerprint density at radius 3 is 2.38 bits per heavy atom. The first-order chi connectivity index (χ1) is 15.4. The molecule has 0 aromatic heterocycles. The van der Waals surface area contributed by atoms with Crippen LogP contribution in [0.4, 0.5) is 17.1 Å². The summed E-state index contributed by atoms with van der Waals surface area (Å²) in [5.41, 5.74) is 1.04. The molecule has 0 aliphatic carbocycles. The second-order valence-corrected chi connectivity index (χ2v) is 7.37. The molecule has 0 aliphatic rings. The van der Waals surface area contributed by atoms with E-state index in [4.69, 9.17) is 28.6 Å². The van der Waals surface area contributed by atoms with E-state index in [1.165, 1.54) is 19.2 Å². The van der Waals surface area contributed by atoms with Crippen molar-refractivity contribution in [1.29, 1.82) is 0 Å². The number of carbonyl (C=O) groups excluding carboxylic acids is 1. The maximum Gasteiger partial charge on any atom is 0.296 e. The van der Waals surface area contributed by atoms with Crippen LogP contribution >= 0.6 is 23.8 Å². The summed E-state index contributed by atoms with van der Waals surface area (Å²) in [5, 5.41) is 20.3. The van der Waals surface area contributed by atoms with E-state index in [0.29, 0.717) is 22.0 Å². The van der Waals surface area contributed by atoms with Gasteiger partial charge in [-0.3, -0.25) is 14.9 Å². The molecule has 10 heteroatoms. The number of nitrogens with one attached hydrogen (secondary N) is 3. The number of thiocarbonyl (C=S) groups is 1. The molecule has 0 spiro atoms. The molecule has 8 nitrogen and oxygen atoms in total. The molecule has 1 amide bonds. The lowest BCUT2D eigenvalue weighted by Crippen LogP contribution is -2.39. The van der Waals surface area contributed by atoms with Crippen molar-refractivity contribution < 1.29 is 14.5 Å². The number of nitrogens with zero attached hydrogens (tertiary/aromatic N) is 1. The number of para-hydroxylation sites is 1. The van der Waals surface area contributed by atoms with Crippen LogP contribution in [0, 0.1) is 10.1 Å². The minimum atomic E-state index is -0.884. The highest BCUT2D eigenvalue weighted by atomic mass is 35.5. The molecular weight excluding hydrogens is 452 g/mol. The predicted octanol–water partition coefficient (Wildman–Crippen LogP) is 4.92. The van der Waals surface area contributed by atoms with Crippen molar-refractivity contribution in [2.45, 2.75) is 6.04 Å². The van der Waals surface area contributed by atoms with Gasteiger partial charge < -0.3 is 20.7 Å². The van der Waals surface area contributed by atoms with Gasteiger partial charge in [-0.2, -0.15) is 0 Å². The molecule has 0 saturated heterocycles. The highest BCUT2D eigenvalue weighted by molar-refractivity contribution is 7.80. The van der Waals surface area contributed by atoms with E-state index in [2.05, 4.69) is 16.0 Å². The lowest BCUT2D eigenvalue weighted by atomic mass is 10.1. The van der Waals surface area contributed by atoms with Crippen LogP contribution in [0.25, 0.3) is 0 Å². The summed E-state index contributed by atoms with van der Waals surface area (Å²) in [6.07, 6.45) is 0. The SMILES string of the molecule is COc1ccc(NC(=S)NC(C(=O)Nc2ccccc2Cl)c2ccccc2)c([N+](=O)[O-])c1. The molecule has 3 aromatic rings. The minimum Gasteiger partial charge on any atom is -0.496 e. The molecule has 0 radical (unpaired) electrons. The van der Waals surface area contributed by atoms with E-state index in [1.807, 2.05) is 6.07 Å². The Morgan fingerprint density at radius 1 is 1.03 bits per heavy atom. The third kappa shape index (κ3) is 5.71. The fourth-order valence-corrected chi connectivity index (χ4v) is 3.31. The molecule has 0 bridgehead atoms. The summed E-state index contributed by atoms with van der Waals surface area (Å²) in [4.78, 5) is 23.9. The number of carbonyl (C=O) groups is 1. The van der Waals surface area contributed by atoms with Gasteiger partial charge in [0.2, 0.25) is 0 Å². The number of anilines is 2. The summed E-state index contributed by atoms with van der Waals surface area (Å²) < 4.78 is 5.04. The quantitative estimate of drug-likeness (QED) is 0.255. The van der Waals surface area contributed by atoms with Crippen molar-refractivity contribution in [3.8, 4) is 5.75 Å². The zero-order valence-corrected chi connectivity index (χ0v) is 18.4. The number of rotatable bonds is 7. The van der Waals surface area contributed by atoms with Gasteiger partial charge in [-0.05, 0) is 42.0 Å². The number of hydrogen-bond donors (Lipinski definition) is 3. The van der Waals surface area contributed by atoms with Crippen molar-refractivity contribution in [3.05, 3.63) is 93.5 Å². The van der Waals surface area contributed by atoms with Crippen molar-refractivity contribution in [2.75, 3.05) is 17.7 Å². The summed E-state index contributed by atoms with van der Waals surface area (Å²) in [6.45, 7) is 0. The number of methoxy groups -OCH3 is 1. The second-order valence-electron chi connectivity index (χ2n) is 6.55. The van der Waals surface area contributed by atoms with E-state index in [9.17, 15) is 14.9 Å². The number of benzene rings is 3. The van der Waals surface area contributed by atoms with Crippen molar-refractivity contribution in [1.82, 2.24) is 5.32 Å². The second kappa shape index (κ2) is 10.6. The van der Waals surface area contributed by atoms with Crippen molar-refractivity contribution in [3.63, 3.8) is 0 Å². The van der Waals surface area contributed by atoms with Crippen LogP contribution in [0.2, 0.25) is 5.02 Å².